The fourth-order valence-corrected chi connectivity index (χ4v) is 1.82. The first-order valence-corrected chi connectivity index (χ1v) is 7.62. The van der Waals surface area contributed by atoms with Gasteiger partial charge in [0.05, 0.1) is 19.1 Å². The zero-order chi connectivity index (χ0) is 20.3. The van der Waals surface area contributed by atoms with Crippen molar-refractivity contribution in [3.63, 3.8) is 0 Å². The predicted octanol–water partition coefficient (Wildman–Crippen LogP) is -4.71. The van der Waals surface area contributed by atoms with Crippen molar-refractivity contribution in [3.05, 3.63) is 0 Å². The van der Waals surface area contributed by atoms with Crippen molar-refractivity contribution in [2.75, 3.05) is 13.2 Å². The van der Waals surface area contributed by atoms with Gasteiger partial charge in [-0.1, -0.05) is 0 Å². The lowest BCUT2D eigenvalue weighted by Crippen LogP contribution is -2.55. The van der Waals surface area contributed by atoms with Crippen molar-refractivity contribution in [2.24, 2.45) is 27.9 Å². The Bertz CT molecular complexity index is 549. The van der Waals surface area contributed by atoms with Crippen molar-refractivity contribution in [3.8, 4) is 0 Å². The lowest BCUT2D eigenvalue weighted by Gasteiger charge is -2.22. The fraction of sp³-hybridized carbons (Fsp3) is 0.615. The van der Waals surface area contributed by atoms with Gasteiger partial charge in [-0.15, -0.1) is 0 Å². The van der Waals surface area contributed by atoms with Gasteiger partial charge in [0.25, 0.3) is 0 Å². The first-order valence-electron chi connectivity index (χ1n) is 7.62. The summed E-state index contributed by atoms with van der Waals surface area (Å²) < 4.78 is 0. The van der Waals surface area contributed by atoms with E-state index >= 15 is 0 Å². The molecule has 0 aromatic heterocycles. The number of nitrogens with one attached hydrogen (secondary N) is 2. The van der Waals surface area contributed by atoms with Gasteiger partial charge in [0, 0.05) is 6.54 Å². The molecule has 148 valence electrons. The quantitative estimate of drug-likeness (QED) is 0.0924. The van der Waals surface area contributed by atoms with E-state index in [-0.39, 0.29) is 25.3 Å². The summed E-state index contributed by atoms with van der Waals surface area (Å²) in [5.74, 6) is -4.06. The third-order valence-electron chi connectivity index (χ3n) is 3.13. The fourth-order valence-electron chi connectivity index (χ4n) is 1.82. The predicted molar refractivity (Wildman–Crippen MR) is 90.3 cm³/mol. The summed E-state index contributed by atoms with van der Waals surface area (Å²) in [6.07, 6.45) is -0.101. The van der Waals surface area contributed by atoms with E-state index in [9.17, 15) is 19.2 Å². The summed E-state index contributed by atoms with van der Waals surface area (Å²) in [5, 5.41) is 22.2. The van der Waals surface area contributed by atoms with Crippen LogP contribution >= 0.6 is 0 Å². The molecule has 0 fully saturated rings. The van der Waals surface area contributed by atoms with Crippen LogP contribution < -0.4 is 33.6 Å². The molecule has 0 aliphatic heterocycles. The number of carbonyl (C=O) groups is 4. The van der Waals surface area contributed by atoms with Gasteiger partial charge in [0.1, 0.15) is 12.1 Å². The average Bonchev–Trinajstić information content (AvgIpc) is 2.53. The molecule has 0 rings (SSSR count). The van der Waals surface area contributed by atoms with Crippen LogP contribution in [0.4, 0.5) is 0 Å². The zero-order valence-electron chi connectivity index (χ0n) is 14.1. The minimum Gasteiger partial charge on any atom is -0.480 e. The third-order valence-corrected chi connectivity index (χ3v) is 3.13. The van der Waals surface area contributed by atoms with E-state index in [2.05, 4.69) is 15.6 Å². The molecule has 13 heteroatoms. The second-order valence-corrected chi connectivity index (χ2v) is 5.37. The third kappa shape index (κ3) is 9.39. The van der Waals surface area contributed by atoms with E-state index in [0.29, 0.717) is 0 Å². The molecule has 3 amide bonds. The Morgan fingerprint density at radius 3 is 2.04 bits per heavy atom. The molecule has 0 radical (unpaired) electrons. The number of aliphatic imine (C=N–C) groups is 1. The second-order valence-electron chi connectivity index (χ2n) is 5.37. The van der Waals surface area contributed by atoms with Gasteiger partial charge in [-0.25, -0.2) is 4.79 Å². The zero-order valence-corrected chi connectivity index (χ0v) is 14.1. The number of hydrogen-bond acceptors (Lipinski definition) is 7. The molecule has 0 aromatic rings. The van der Waals surface area contributed by atoms with Crippen LogP contribution in [0.2, 0.25) is 0 Å². The summed E-state index contributed by atoms with van der Waals surface area (Å²) in [7, 11) is 0. The Labute approximate surface area is 149 Å². The van der Waals surface area contributed by atoms with E-state index in [1.165, 1.54) is 0 Å². The molecule has 0 bridgehead atoms. The van der Waals surface area contributed by atoms with Crippen molar-refractivity contribution >= 4 is 29.7 Å². The highest BCUT2D eigenvalue weighted by Gasteiger charge is 2.27. The summed E-state index contributed by atoms with van der Waals surface area (Å²) in [5.41, 5.74) is 20.8. The van der Waals surface area contributed by atoms with E-state index in [0.717, 1.165) is 0 Å². The highest BCUT2D eigenvalue weighted by Crippen LogP contribution is 2.01. The van der Waals surface area contributed by atoms with Crippen LogP contribution in [0.1, 0.15) is 19.3 Å². The van der Waals surface area contributed by atoms with E-state index in [4.69, 9.17) is 33.1 Å². The highest BCUT2D eigenvalue weighted by atomic mass is 16.4. The average molecular weight is 375 g/mol. The number of nitrogens with two attached hydrogens (primary N) is 4. The summed E-state index contributed by atoms with van der Waals surface area (Å²) >= 11 is 0. The Balaban J connectivity index is 4.99. The maximum absolute atomic E-state index is 12.2. The van der Waals surface area contributed by atoms with E-state index in [1.807, 2.05) is 0 Å². The Morgan fingerprint density at radius 1 is 1.00 bits per heavy atom. The van der Waals surface area contributed by atoms with Crippen molar-refractivity contribution in [1.29, 1.82) is 0 Å². The standard InChI is InChI=1S/C13H25N7O6/c14-6(4-9(15)22)10(23)19-7(2-1-3-18-13(16)17)11(24)20-8(5-21)12(25)26/h6-8,21H,1-5,14H2,(H2,15,22)(H,19,23)(H,20,24)(H,25,26)(H4,16,17,18). The van der Waals surface area contributed by atoms with Gasteiger partial charge >= 0.3 is 5.97 Å². The Morgan fingerprint density at radius 2 is 1.58 bits per heavy atom. The molecule has 0 aromatic carbocycles. The lowest BCUT2D eigenvalue weighted by molar-refractivity contribution is -0.143. The van der Waals surface area contributed by atoms with Crippen LogP contribution in [0.25, 0.3) is 0 Å². The van der Waals surface area contributed by atoms with Crippen LogP contribution in [-0.4, -0.2) is 71.1 Å². The molecular formula is C13H25N7O6. The number of hydrogen-bond donors (Lipinski definition) is 8. The first kappa shape index (κ1) is 23.1. The number of aliphatic hydroxyl groups excluding tert-OH is 1. The summed E-state index contributed by atoms with van der Waals surface area (Å²) in [6.45, 7) is -0.672. The van der Waals surface area contributed by atoms with Crippen LogP contribution in [0.3, 0.4) is 0 Å². The van der Waals surface area contributed by atoms with Crippen molar-refractivity contribution in [2.45, 2.75) is 37.4 Å². The van der Waals surface area contributed by atoms with Gasteiger partial charge in [-0.05, 0) is 12.8 Å². The number of carboxylic acid groups (broad SMARTS) is 1. The Kier molecular flexibility index (Phi) is 10.3. The molecule has 0 aliphatic rings. The number of amides is 3. The van der Waals surface area contributed by atoms with E-state index < -0.39 is 54.8 Å². The van der Waals surface area contributed by atoms with Crippen LogP contribution in [-0.2, 0) is 19.2 Å². The molecule has 0 heterocycles. The number of carboxylic acids is 1. The van der Waals surface area contributed by atoms with Crippen molar-refractivity contribution in [1.82, 2.24) is 10.6 Å². The number of carbonyl (C=O) groups excluding carboxylic acids is 3. The summed E-state index contributed by atoms with van der Waals surface area (Å²) in [6, 6.07) is -3.99. The molecule has 3 unspecified atom stereocenters. The molecular weight excluding hydrogens is 350 g/mol. The molecule has 26 heavy (non-hydrogen) atoms. The SMILES string of the molecule is NC(=O)CC(N)C(=O)NC(CCCN=C(N)N)C(=O)NC(CO)C(=O)O. The van der Waals surface area contributed by atoms with Crippen molar-refractivity contribution < 1.29 is 29.4 Å². The molecule has 12 N–H and O–H groups in total. The minimum absolute atomic E-state index is 0.0510. The van der Waals surface area contributed by atoms with E-state index in [1.54, 1.807) is 0 Å². The largest absolute Gasteiger partial charge is 0.480 e. The molecule has 0 saturated heterocycles. The van der Waals surface area contributed by atoms with Gasteiger partial charge in [0.15, 0.2) is 5.96 Å². The van der Waals surface area contributed by atoms with Crippen LogP contribution in [0.15, 0.2) is 4.99 Å². The topological polar surface area (TPSA) is 249 Å². The first-order chi connectivity index (χ1) is 12.1. The number of rotatable bonds is 12. The van der Waals surface area contributed by atoms with Gasteiger partial charge in [-0.3, -0.25) is 19.4 Å². The molecule has 0 spiro atoms. The number of nitrogens with zero attached hydrogens (tertiary/aromatic N) is 1. The number of aliphatic carboxylic acids is 1. The number of primary amides is 1. The van der Waals surface area contributed by atoms with Gasteiger partial charge in [-0.2, -0.15) is 0 Å². The normalized spacial score (nSPS) is 13.8. The van der Waals surface area contributed by atoms with Gasteiger partial charge in [0.2, 0.25) is 17.7 Å². The highest BCUT2D eigenvalue weighted by molar-refractivity contribution is 5.93. The van der Waals surface area contributed by atoms with Crippen LogP contribution in [0.5, 0.6) is 0 Å². The number of aliphatic hydroxyl groups is 1. The Hall–Kier alpha value is -2.93. The number of guanidine groups is 1. The lowest BCUT2D eigenvalue weighted by atomic mass is 10.1. The monoisotopic (exact) mass is 375 g/mol. The molecule has 3 atom stereocenters. The van der Waals surface area contributed by atoms with Gasteiger partial charge < -0.3 is 43.8 Å². The minimum atomic E-state index is -1.54. The van der Waals surface area contributed by atoms with Crippen LogP contribution in [0, 0.1) is 0 Å². The second kappa shape index (κ2) is 11.6. The maximum Gasteiger partial charge on any atom is 0.328 e. The molecule has 0 saturated carbocycles. The smallest absolute Gasteiger partial charge is 0.328 e. The molecule has 0 aliphatic carbocycles. The summed E-state index contributed by atoms with van der Waals surface area (Å²) in [4.78, 5) is 49.6. The molecule has 13 nitrogen and oxygen atoms in total. The maximum atomic E-state index is 12.2.